The number of carboxylic acids is 1. The molecule has 0 amide bonds. The second-order valence-corrected chi connectivity index (χ2v) is 8.32. The number of aromatic carboxylic acids is 1. The highest BCUT2D eigenvalue weighted by molar-refractivity contribution is 5.88. The zero-order valence-electron chi connectivity index (χ0n) is 17.0. The number of rotatable bonds is 8. The van der Waals surface area contributed by atoms with Gasteiger partial charge in [0.25, 0.3) is 0 Å². The molecule has 2 aromatic carbocycles. The molecule has 2 fully saturated rings. The van der Waals surface area contributed by atoms with Gasteiger partial charge in [0.05, 0.1) is 12.7 Å². The van der Waals surface area contributed by atoms with Crippen LogP contribution in [0, 0.1) is 5.92 Å². The van der Waals surface area contributed by atoms with E-state index in [2.05, 4.69) is 40.5 Å². The Morgan fingerprint density at radius 1 is 1.17 bits per heavy atom. The van der Waals surface area contributed by atoms with Gasteiger partial charge in [0.2, 0.25) is 0 Å². The zero-order chi connectivity index (χ0) is 20.2. The molecule has 1 saturated carbocycles. The first-order chi connectivity index (χ1) is 14.1. The first-order valence-corrected chi connectivity index (χ1v) is 10.5. The fourth-order valence-electron chi connectivity index (χ4n) is 4.41. The zero-order valence-corrected chi connectivity index (χ0v) is 17.0. The van der Waals surface area contributed by atoms with Crippen LogP contribution in [0.2, 0.25) is 0 Å². The average Bonchev–Trinajstić information content (AvgIpc) is 3.54. The van der Waals surface area contributed by atoms with Gasteiger partial charge < -0.3 is 15.2 Å². The molecule has 2 aliphatic rings. The van der Waals surface area contributed by atoms with E-state index >= 15 is 0 Å². The Kier molecular flexibility index (Phi) is 6.16. The summed E-state index contributed by atoms with van der Waals surface area (Å²) in [6.45, 7) is 4.06. The van der Waals surface area contributed by atoms with Gasteiger partial charge in [0.15, 0.2) is 0 Å². The molecule has 1 heterocycles. The largest absolute Gasteiger partial charge is 0.496 e. The number of methoxy groups -OCH3 is 1. The molecule has 0 bridgehead atoms. The lowest BCUT2D eigenvalue weighted by Gasteiger charge is -2.32. The predicted octanol–water partition coefficient (Wildman–Crippen LogP) is 3.75. The molecule has 1 aliphatic heterocycles. The topological polar surface area (TPSA) is 61.8 Å². The number of nitrogens with zero attached hydrogens (tertiary/aromatic N) is 1. The molecule has 154 valence electrons. The van der Waals surface area contributed by atoms with E-state index in [9.17, 15) is 4.79 Å². The smallest absolute Gasteiger partial charge is 0.335 e. The SMILES string of the molecule is COc1cc(C(=O)O)ccc1CN1CCC(CNC2CC2c2ccccc2)CC1. The maximum Gasteiger partial charge on any atom is 0.335 e. The minimum absolute atomic E-state index is 0.268. The molecule has 5 nitrogen and oxygen atoms in total. The fraction of sp³-hybridized carbons (Fsp3) is 0.458. The van der Waals surface area contributed by atoms with Crippen molar-refractivity contribution in [1.29, 1.82) is 0 Å². The van der Waals surface area contributed by atoms with Crippen LogP contribution in [-0.2, 0) is 6.54 Å². The Hall–Kier alpha value is -2.37. The monoisotopic (exact) mass is 394 g/mol. The van der Waals surface area contributed by atoms with E-state index in [-0.39, 0.29) is 5.56 Å². The summed E-state index contributed by atoms with van der Waals surface area (Å²) in [5.41, 5.74) is 2.78. The maximum absolute atomic E-state index is 11.1. The van der Waals surface area contributed by atoms with Crippen LogP contribution >= 0.6 is 0 Å². The van der Waals surface area contributed by atoms with Crippen LogP contribution in [-0.4, -0.2) is 48.8 Å². The van der Waals surface area contributed by atoms with E-state index in [1.807, 2.05) is 6.07 Å². The van der Waals surface area contributed by atoms with Crippen LogP contribution < -0.4 is 10.1 Å². The van der Waals surface area contributed by atoms with Crippen LogP contribution in [0.4, 0.5) is 0 Å². The van der Waals surface area contributed by atoms with Gasteiger partial charge in [-0.3, -0.25) is 4.90 Å². The van der Waals surface area contributed by atoms with Crippen molar-refractivity contribution in [2.75, 3.05) is 26.7 Å². The third-order valence-electron chi connectivity index (χ3n) is 6.32. The number of nitrogens with one attached hydrogen (secondary N) is 1. The van der Waals surface area contributed by atoms with Gasteiger partial charge in [-0.1, -0.05) is 36.4 Å². The molecule has 2 unspecified atom stereocenters. The highest BCUT2D eigenvalue weighted by Crippen LogP contribution is 2.40. The first-order valence-electron chi connectivity index (χ1n) is 10.5. The van der Waals surface area contributed by atoms with Crippen molar-refractivity contribution in [3.05, 3.63) is 65.2 Å². The Balaban J connectivity index is 1.22. The Morgan fingerprint density at radius 3 is 2.62 bits per heavy atom. The van der Waals surface area contributed by atoms with Gasteiger partial charge in [0.1, 0.15) is 5.75 Å². The van der Waals surface area contributed by atoms with E-state index in [0.717, 1.165) is 37.7 Å². The molecule has 5 heteroatoms. The quantitative estimate of drug-likeness (QED) is 0.714. The highest BCUT2D eigenvalue weighted by Gasteiger charge is 2.38. The summed E-state index contributed by atoms with van der Waals surface area (Å²) in [6.07, 6.45) is 3.66. The summed E-state index contributed by atoms with van der Waals surface area (Å²) in [5.74, 6) is 1.17. The lowest BCUT2D eigenvalue weighted by molar-refractivity contribution is 0.0696. The second-order valence-electron chi connectivity index (χ2n) is 8.32. The Bertz CT molecular complexity index is 831. The van der Waals surface area contributed by atoms with Crippen molar-refractivity contribution in [2.45, 2.75) is 37.8 Å². The van der Waals surface area contributed by atoms with E-state index in [0.29, 0.717) is 17.7 Å². The van der Waals surface area contributed by atoms with Gasteiger partial charge in [-0.15, -0.1) is 0 Å². The van der Waals surface area contributed by atoms with Crippen LogP contribution in [0.5, 0.6) is 5.75 Å². The van der Waals surface area contributed by atoms with Crippen molar-refractivity contribution < 1.29 is 14.6 Å². The third kappa shape index (κ3) is 4.98. The van der Waals surface area contributed by atoms with Crippen LogP contribution in [0.15, 0.2) is 48.5 Å². The molecule has 1 saturated heterocycles. The molecule has 0 spiro atoms. The molecule has 2 atom stereocenters. The van der Waals surface area contributed by atoms with Crippen LogP contribution in [0.1, 0.15) is 46.7 Å². The van der Waals surface area contributed by atoms with Crippen molar-refractivity contribution in [2.24, 2.45) is 5.92 Å². The molecular weight excluding hydrogens is 364 g/mol. The summed E-state index contributed by atoms with van der Waals surface area (Å²) in [4.78, 5) is 13.6. The number of piperidine rings is 1. The lowest BCUT2D eigenvalue weighted by atomic mass is 9.96. The predicted molar refractivity (Wildman–Crippen MR) is 114 cm³/mol. The van der Waals surface area contributed by atoms with E-state index in [1.165, 1.54) is 24.8 Å². The molecule has 0 aromatic heterocycles. The molecule has 2 N–H and O–H groups in total. The fourth-order valence-corrected chi connectivity index (χ4v) is 4.41. The third-order valence-corrected chi connectivity index (χ3v) is 6.32. The van der Waals surface area contributed by atoms with Crippen molar-refractivity contribution >= 4 is 5.97 Å². The molecular formula is C24H30N2O3. The molecule has 2 aromatic rings. The van der Waals surface area contributed by atoms with Gasteiger partial charge in [-0.05, 0) is 62.5 Å². The normalized spacial score (nSPS) is 22.4. The number of ether oxygens (including phenoxy) is 1. The van der Waals surface area contributed by atoms with Crippen LogP contribution in [0.25, 0.3) is 0 Å². The van der Waals surface area contributed by atoms with E-state index in [1.54, 1.807) is 19.2 Å². The minimum atomic E-state index is -0.923. The highest BCUT2D eigenvalue weighted by atomic mass is 16.5. The number of carboxylic acid groups (broad SMARTS) is 1. The number of benzene rings is 2. The summed E-state index contributed by atoms with van der Waals surface area (Å²) < 4.78 is 5.42. The summed E-state index contributed by atoms with van der Waals surface area (Å²) >= 11 is 0. The number of hydrogen-bond donors (Lipinski definition) is 2. The maximum atomic E-state index is 11.1. The number of hydrogen-bond acceptors (Lipinski definition) is 4. The summed E-state index contributed by atoms with van der Waals surface area (Å²) in [5, 5.41) is 12.9. The number of carbonyl (C=O) groups is 1. The average molecular weight is 395 g/mol. The molecule has 0 radical (unpaired) electrons. The standard InChI is InChI=1S/C24H30N2O3/c1-29-23-13-19(24(27)28)7-8-20(23)16-26-11-9-17(10-12-26)15-25-22-14-21(22)18-5-3-2-4-6-18/h2-8,13,17,21-22,25H,9-12,14-16H2,1H3,(H,27,28). The minimum Gasteiger partial charge on any atom is -0.496 e. The van der Waals surface area contributed by atoms with E-state index < -0.39 is 5.97 Å². The Labute approximate surface area is 172 Å². The Morgan fingerprint density at radius 2 is 1.93 bits per heavy atom. The van der Waals surface area contributed by atoms with Crippen molar-refractivity contribution in [1.82, 2.24) is 10.2 Å². The van der Waals surface area contributed by atoms with Gasteiger partial charge in [-0.25, -0.2) is 4.79 Å². The molecule has 1 aliphatic carbocycles. The van der Waals surface area contributed by atoms with Crippen molar-refractivity contribution in [3.63, 3.8) is 0 Å². The van der Waals surface area contributed by atoms with Gasteiger partial charge in [-0.2, -0.15) is 0 Å². The number of likely N-dealkylation sites (tertiary alicyclic amines) is 1. The second kappa shape index (κ2) is 8.97. The van der Waals surface area contributed by atoms with Gasteiger partial charge >= 0.3 is 5.97 Å². The molecule has 29 heavy (non-hydrogen) atoms. The van der Waals surface area contributed by atoms with Crippen molar-refractivity contribution in [3.8, 4) is 5.75 Å². The molecule has 4 rings (SSSR count). The van der Waals surface area contributed by atoms with E-state index in [4.69, 9.17) is 9.84 Å². The first kappa shape index (κ1) is 19.9. The lowest BCUT2D eigenvalue weighted by Crippen LogP contribution is -2.37. The van der Waals surface area contributed by atoms with Crippen LogP contribution in [0.3, 0.4) is 0 Å². The van der Waals surface area contributed by atoms with Gasteiger partial charge in [0, 0.05) is 24.1 Å². The summed E-state index contributed by atoms with van der Waals surface area (Å²) in [6, 6.07) is 16.6. The summed E-state index contributed by atoms with van der Waals surface area (Å²) in [7, 11) is 1.60.